The van der Waals surface area contributed by atoms with Crippen LogP contribution in [0.3, 0.4) is 0 Å². The van der Waals surface area contributed by atoms with Crippen LogP contribution in [0.25, 0.3) is 0 Å². The van der Waals surface area contributed by atoms with Gasteiger partial charge < -0.3 is 15.0 Å². The number of anilines is 2. The number of aromatic nitrogens is 1. The van der Waals surface area contributed by atoms with Crippen molar-refractivity contribution in [3.63, 3.8) is 0 Å². The molecule has 2 aliphatic heterocycles. The van der Waals surface area contributed by atoms with E-state index in [0.717, 1.165) is 37.5 Å². The Hall–Kier alpha value is -3.67. The molecule has 0 spiro atoms. The average Bonchev–Trinajstić information content (AvgIpc) is 3.76. The monoisotopic (exact) mass is 715 g/mol. The Morgan fingerprint density at radius 1 is 0.978 bits per heavy atom. The summed E-state index contributed by atoms with van der Waals surface area (Å²) in [4.78, 5) is 58.9. The number of benzene rings is 3. The number of imide groups is 1. The average molecular weight is 717 g/mol. The summed E-state index contributed by atoms with van der Waals surface area (Å²) in [6.07, 6.45) is 0.787. The van der Waals surface area contributed by atoms with Gasteiger partial charge in [0.25, 0.3) is 5.91 Å². The zero-order valence-electron chi connectivity index (χ0n) is 25.0. The molecule has 3 amide bonds. The van der Waals surface area contributed by atoms with Crippen molar-refractivity contribution < 1.29 is 19.1 Å². The fraction of sp³-hybridized carbons (Fsp3) is 0.314. The quantitative estimate of drug-likeness (QED) is 0.221. The number of nitrogens with zero attached hydrogens (tertiary/aromatic N) is 1. The van der Waals surface area contributed by atoms with Crippen LogP contribution in [0.1, 0.15) is 33.9 Å². The molecule has 7 atom stereocenters. The summed E-state index contributed by atoms with van der Waals surface area (Å²) in [5, 5.41) is 3.76. The van der Waals surface area contributed by atoms with E-state index in [0.29, 0.717) is 17.1 Å². The third-order valence-electron chi connectivity index (χ3n) is 9.98. The van der Waals surface area contributed by atoms with Gasteiger partial charge >= 0.3 is 4.87 Å². The van der Waals surface area contributed by atoms with Gasteiger partial charge in [0.2, 0.25) is 11.8 Å². The van der Waals surface area contributed by atoms with Gasteiger partial charge in [-0.2, -0.15) is 0 Å². The molecule has 3 fully saturated rings. The molecule has 2 saturated carbocycles. The Labute approximate surface area is 282 Å². The number of rotatable bonds is 6. The third kappa shape index (κ3) is 4.77. The lowest BCUT2D eigenvalue weighted by atomic mass is 9.68. The molecule has 2 aliphatic carbocycles. The summed E-state index contributed by atoms with van der Waals surface area (Å²) < 4.78 is 7.06. The molecule has 3 aromatic carbocycles. The number of amides is 3. The SMILES string of the molecule is Cc1ccc(N2C(=O)C3C(C2=O)[C@@H]2C[C@H]3C3Sc4[nH]c(=O)sc4[C@H](c4cc(Br)ccc4OCC(=O)Nc4cccc(C)c4)C32)cc1. The highest BCUT2D eigenvalue weighted by Gasteiger charge is 2.69. The van der Waals surface area contributed by atoms with Crippen molar-refractivity contribution in [2.75, 3.05) is 16.8 Å². The van der Waals surface area contributed by atoms with Gasteiger partial charge in [-0.05, 0) is 86.1 Å². The largest absolute Gasteiger partial charge is 0.483 e. The van der Waals surface area contributed by atoms with Crippen molar-refractivity contribution >= 4 is 68.1 Å². The number of thioether (sulfide) groups is 1. The number of thiazole rings is 1. The molecular formula is C35H30BrN3O5S2. The summed E-state index contributed by atoms with van der Waals surface area (Å²) in [5.41, 5.74) is 4.29. The fourth-order valence-electron chi connectivity index (χ4n) is 8.27. The predicted octanol–water partition coefficient (Wildman–Crippen LogP) is 6.51. The van der Waals surface area contributed by atoms with E-state index in [1.54, 1.807) is 11.8 Å². The minimum absolute atomic E-state index is 0.00249. The summed E-state index contributed by atoms with van der Waals surface area (Å²) >= 11 is 6.48. The Morgan fingerprint density at radius 2 is 1.74 bits per heavy atom. The first-order chi connectivity index (χ1) is 22.2. The van der Waals surface area contributed by atoms with Gasteiger partial charge in [0.15, 0.2) is 6.61 Å². The number of H-pyrrole nitrogens is 1. The minimum atomic E-state index is -0.406. The van der Waals surface area contributed by atoms with E-state index in [1.165, 1.54) is 16.2 Å². The van der Waals surface area contributed by atoms with E-state index in [1.807, 2.05) is 80.6 Å². The Balaban J connectivity index is 1.14. The first-order valence-corrected chi connectivity index (χ1v) is 17.8. The van der Waals surface area contributed by atoms with Crippen LogP contribution in [0.5, 0.6) is 5.75 Å². The van der Waals surface area contributed by atoms with Crippen LogP contribution in [-0.4, -0.2) is 34.6 Å². The van der Waals surface area contributed by atoms with E-state index < -0.39 is 5.92 Å². The van der Waals surface area contributed by atoms with Crippen molar-refractivity contribution in [1.82, 2.24) is 4.98 Å². The first kappa shape index (κ1) is 29.7. The minimum Gasteiger partial charge on any atom is -0.483 e. The standard InChI is InChI=1S/C35H30BrN3O5S2/c1-16-6-9-20(10-7-16)39-33(41)28-22-14-23(29(28)34(39)42)30-27(22)26(31-32(45-30)38-35(43)46-31)21-13-18(36)8-11-24(21)44-15-25(40)37-19-5-3-4-17(2)12-19/h3-13,22-23,26-30H,14-15H2,1-2H3,(H,37,40)(H,38,43)/t22-,23-,26-,27?,28?,29?,30?/m1/s1. The van der Waals surface area contributed by atoms with E-state index in [-0.39, 0.29) is 64.0 Å². The number of nitrogens with one attached hydrogen (secondary N) is 2. The molecule has 0 radical (unpaired) electrons. The van der Waals surface area contributed by atoms with Gasteiger partial charge in [-0.3, -0.25) is 24.1 Å². The Bertz CT molecular complexity index is 1970. The number of aryl methyl sites for hydroxylation is 2. The van der Waals surface area contributed by atoms with Crippen molar-refractivity contribution in [1.29, 1.82) is 0 Å². The van der Waals surface area contributed by atoms with Crippen molar-refractivity contribution in [2.45, 2.75) is 36.5 Å². The molecule has 4 aromatic rings. The Kier molecular flexibility index (Phi) is 7.26. The van der Waals surface area contributed by atoms with Crippen LogP contribution in [0, 0.1) is 43.4 Å². The van der Waals surface area contributed by atoms with E-state index in [2.05, 4.69) is 26.2 Å². The highest BCUT2D eigenvalue weighted by Crippen LogP contribution is 2.69. The van der Waals surface area contributed by atoms with Crippen molar-refractivity contribution in [3.8, 4) is 5.75 Å². The lowest BCUT2D eigenvalue weighted by Crippen LogP contribution is -2.42. The summed E-state index contributed by atoms with van der Waals surface area (Å²) in [6.45, 7) is 3.75. The van der Waals surface area contributed by atoms with Gasteiger partial charge in [-0.1, -0.05) is 57.1 Å². The van der Waals surface area contributed by atoms with E-state index >= 15 is 0 Å². The van der Waals surface area contributed by atoms with Crippen LogP contribution < -0.4 is 19.8 Å². The van der Waals surface area contributed by atoms with Gasteiger partial charge in [0.05, 0.1) is 22.5 Å². The molecule has 2 bridgehead atoms. The number of hydrogen-bond acceptors (Lipinski definition) is 7. The summed E-state index contributed by atoms with van der Waals surface area (Å²) in [5.74, 6) is -1.01. The smallest absolute Gasteiger partial charge is 0.305 e. The fourth-order valence-corrected chi connectivity index (χ4v) is 11.5. The van der Waals surface area contributed by atoms with Gasteiger partial charge in [0.1, 0.15) is 5.75 Å². The molecule has 4 aliphatic rings. The molecular weight excluding hydrogens is 686 g/mol. The van der Waals surface area contributed by atoms with Crippen LogP contribution in [0.15, 0.2) is 81.0 Å². The number of fused-ring (bicyclic) bond motifs is 9. The highest BCUT2D eigenvalue weighted by atomic mass is 79.9. The third-order valence-corrected chi connectivity index (χ3v) is 13.1. The van der Waals surface area contributed by atoms with Gasteiger partial charge in [0, 0.05) is 31.8 Å². The number of hydrogen-bond donors (Lipinski definition) is 2. The number of ether oxygens (including phenoxy) is 1. The lowest BCUT2D eigenvalue weighted by molar-refractivity contribution is -0.123. The topological polar surface area (TPSA) is 109 Å². The van der Waals surface area contributed by atoms with Gasteiger partial charge in [-0.15, -0.1) is 11.8 Å². The van der Waals surface area contributed by atoms with E-state index in [4.69, 9.17) is 4.74 Å². The predicted molar refractivity (Wildman–Crippen MR) is 182 cm³/mol. The van der Waals surface area contributed by atoms with Gasteiger partial charge in [-0.25, -0.2) is 0 Å². The maximum absolute atomic E-state index is 14.1. The number of carbonyl (C=O) groups excluding carboxylic acids is 3. The highest BCUT2D eigenvalue weighted by molar-refractivity contribution is 9.10. The van der Waals surface area contributed by atoms with Crippen molar-refractivity contribution in [2.24, 2.45) is 29.6 Å². The Morgan fingerprint density at radius 3 is 2.50 bits per heavy atom. The van der Waals surface area contributed by atoms with Crippen LogP contribution in [0.2, 0.25) is 0 Å². The molecule has 8 nitrogen and oxygen atoms in total. The summed E-state index contributed by atoms with van der Waals surface area (Å²) in [7, 11) is 0. The van der Waals surface area contributed by atoms with E-state index in [9.17, 15) is 19.2 Å². The van der Waals surface area contributed by atoms with Crippen LogP contribution in [-0.2, 0) is 14.4 Å². The van der Waals surface area contributed by atoms with Crippen molar-refractivity contribution in [3.05, 3.63) is 102 Å². The second kappa shape index (κ2) is 11.2. The number of aromatic amines is 1. The lowest BCUT2D eigenvalue weighted by Gasteiger charge is -2.43. The second-order valence-corrected chi connectivity index (χ2v) is 15.8. The molecule has 8 rings (SSSR count). The second-order valence-electron chi connectivity index (χ2n) is 12.7. The molecule has 2 N–H and O–H groups in total. The molecule has 4 unspecified atom stereocenters. The maximum Gasteiger partial charge on any atom is 0.305 e. The van der Waals surface area contributed by atoms with Crippen LogP contribution in [0.4, 0.5) is 11.4 Å². The number of carbonyl (C=O) groups is 3. The van der Waals surface area contributed by atoms with Crippen LogP contribution >= 0.6 is 39.0 Å². The molecule has 234 valence electrons. The normalized spacial score (nSPS) is 27.4. The number of halogens is 1. The summed E-state index contributed by atoms with van der Waals surface area (Å²) in [6, 6.07) is 20.9. The zero-order chi connectivity index (χ0) is 31.9. The molecule has 1 saturated heterocycles. The molecule has 1 aromatic heterocycles. The molecule has 3 heterocycles. The zero-order valence-corrected chi connectivity index (χ0v) is 28.2. The maximum atomic E-state index is 14.1. The molecule has 11 heteroatoms. The molecule has 46 heavy (non-hydrogen) atoms. The first-order valence-electron chi connectivity index (χ1n) is 15.3.